The van der Waals surface area contributed by atoms with Crippen molar-refractivity contribution in [3.8, 4) is 0 Å². The number of likely N-dealkylation sites (tertiary alicyclic amines) is 1. The normalized spacial score (nSPS) is 15.9. The zero-order valence-electron chi connectivity index (χ0n) is 8.23. The Morgan fingerprint density at radius 1 is 1.43 bits per heavy atom. The van der Waals surface area contributed by atoms with Crippen LogP contribution in [0.15, 0.2) is 12.3 Å². The van der Waals surface area contributed by atoms with E-state index in [4.69, 9.17) is 0 Å². The molecule has 2 heterocycles. The van der Waals surface area contributed by atoms with Crippen molar-refractivity contribution in [2.75, 3.05) is 13.1 Å². The fraction of sp³-hybridized carbons (Fsp3) is 0.500. The Morgan fingerprint density at radius 3 is 2.79 bits per heavy atom. The molecule has 1 amide bonds. The van der Waals surface area contributed by atoms with Crippen molar-refractivity contribution in [1.29, 1.82) is 0 Å². The van der Waals surface area contributed by atoms with Crippen LogP contribution in [0.4, 0.5) is 0 Å². The largest absolute Gasteiger partial charge is 0.337 e. The SMILES string of the molecule is Cc1nccc(C(=O)N2CCCC2)n1. The number of amides is 1. The molecule has 0 N–H and O–H groups in total. The number of aryl methyl sites for hydroxylation is 1. The van der Waals surface area contributed by atoms with Gasteiger partial charge in [-0.2, -0.15) is 0 Å². The van der Waals surface area contributed by atoms with Gasteiger partial charge < -0.3 is 4.90 Å². The Balaban J connectivity index is 2.17. The molecule has 0 atom stereocenters. The van der Waals surface area contributed by atoms with E-state index in [1.54, 1.807) is 19.2 Å². The predicted octanol–water partition coefficient (Wildman–Crippen LogP) is 1.02. The zero-order chi connectivity index (χ0) is 9.97. The Morgan fingerprint density at radius 2 is 2.14 bits per heavy atom. The standard InChI is InChI=1S/C10H13N3O/c1-8-11-5-4-9(12-8)10(14)13-6-2-3-7-13/h4-5H,2-3,6-7H2,1H3. The first-order valence-corrected chi connectivity index (χ1v) is 4.86. The fourth-order valence-electron chi connectivity index (χ4n) is 1.66. The number of hydrogen-bond donors (Lipinski definition) is 0. The quantitative estimate of drug-likeness (QED) is 0.665. The minimum Gasteiger partial charge on any atom is -0.337 e. The van der Waals surface area contributed by atoms with Crippen molar-refractivity contribution in [2.24, 2.45) is 0 Å². The van der Waals surface area contributed by atoms with Crippen LogP contribution in [0.5, 0.6) is 0 Å². The first kappa shape index (κ1) is 9.12. The monoisotopic (exact) mass is 191 g/mol. The lowest BCUT2D eigenvalue weighted by atomic mass is 10.3. The van der Waals surface area contributed by atoms with Crippen LogP contribution in [0.3, 0.4) is 0 Å². The average molecular weight is 191 g/mol. The average Bonchev–Trinajstić information content (AvgIpc) is 2.69. The van der Waals surface area contributed by atoms with Crippen molar-refractivity contribution in [1.82, 2.24) is 14.9 Å². The van der Waals surface area contributed by atoms with Gasteiger partial charge in [0.25, 0.3) is 5.91 Å². The molecule has 1 aliphatic heterocycles. The van der Waals surface area contributed by atoms with Crippen LogP contribution in [0.2, 0.25) is 0 Å². The zero-order valence-corrected chi connectivity index (χ0v) is 8.23. The van der Waals surface area contributed by atoms with Gasteiger partial charge in [-0.3, -0.25) is 4.79 Å². The molecule has 1 fully saturated rings. The van der Waals surface area contributed by atoms with Crippen molar-refractivity contribution >= 4 is 5.91 Å². The van der Waals surface area contributed by atoms with Gasteiger partial charge in [-0.05, 0) is 25.8 Å². The number of hydrogen-bond acceptors (Lipinski definition) is 3. The second kappa shape index (κ2) is 3.74. The lowest BCUT2D eigenvalue weighted by Crippen LogP contribution is -2.28. The molecular formula is C10H13N3O. The summed E-state index contributed by atoms with van der Waals surface area (Å²) in [7, 11) is 0. The first-order valence-electron chi connectivity index (χ1n) is 4.86. The van der Waals surface area contributed by atoms with Crippen LogP contribution < -0.4 is 0 Å². The summed E-state index contributed by atoms with van der Waals surface area (Å²) in [6.45, 7) is 3.52. The molecule has 4 nitrogen and oxygen atoms in total. The Labute approximate surface area is 83.0 Å². The van der Waals surface area contributed by atoms with Crippen LogP contribution in [-0.4, -0.2) is 33.9 Å². The highest BCUT2D eigenvalue weighted by Gasteiger charge is 2.20. The van der Waals surface area contributed by atoms with Gasteiger partial charge in [0.05, 0.1) is 0 Å². The summed E-state index contributed by atoms with van der Waals surface area (Å²) < 4.78 is 0. The maximum atomic E-state index is 11.8. The molecule has 74 valence electrons. The van der Waals surface area contributed by atoms with Crippen LogP contribution in [-0.2, 0) is 0 Å². The molecule has 0 spiro atoms. The third-order valence-corrected chi connectivity index (χ3v) is 2.39. The molecule has 0 aliphatic carbocycles. The smallest absolute Gasteiger partial charge is 0.272 e. The van der Waals surface area contributed by atoms with E-state index in [2.05, 4.69) is 9.97 Å². The van der Waals surface area contributed by atoms with E-state index < -0.39 is 0 Å². The number of carbonyl (C=O) groups excluding carboxylic acids is 1. The van der Waals surface area contributed by atoms with E-state index in [1.165, 1.54) is 0 Å². The van der Waals surface area contributed by atoms with Gasteiger partial charge in [0.15, 0.2) is 0 Å². The van der Waals surface area contributed by atoms with Crippen LogP contribution in [0.25, 0.3) is 0 Å². The first-order chi connectivity index (χ1) is 6.77. The Kier molecular flexibility index (Phi) is 2.43. The third-order valence-electron chi connectivity index (χ3n) is 2.39. The van der Waals surface area contributed by atoms with E-state index in [0.717, 1.165) is 25.9 Å². The van der Waals surface area contributed by atoms with Gasteiger partial charge in [0.1, 0.15) is 11.5 Å². The van der Waals surface area contributed by atoms with Crippen LogP contribution >= 0.6 is 0 Å². The third kappa shape index (κ3) is 1.73. The molecular weight excluding hydrogens is 178 g/mol. The van der Waals surface area contributed by atoms with E-state index in [9.17, 15) is 4.79 Å². The van der Waals surface area contributed by atoms with Crippen molar-refractivity contribution in [3.05, 3.63) is 23.8 Å². The van der Waals surface area contributed by atoms with Gasteiger partial charge in [0, 0.05) is 19.3 Å². The highest BCUT2D eigenvalue weighted by molar-refractivity contribution is 5.92. The summed E-state index contributed by atoms with van der Waals surface area (Å²) in [6.07, 6.45) is 3.84. The Bertz CT molecular complexity index is 345. The highest BCUT2D eigenvalue weighted by atomic mass is 16.2. The maximum absolute atomic E-state index is 11.8. The molecule has 1 aliphatic rings. The topological polar surface area (TPSA) is 46.1 Å². The van der Waals surface area contributed by atoms with Crippen LogP contribution in [0, 0.1) is 6.92 Å². The Hall–Kier alpha value is -1.45. The summed E-state index contributed by atoms with van der Waals surface area (Å²) in [6, 6.07) is 1.67. The summed E-state index contributed by atoms with van der Waals surface area (Å²) in [5, 5.41) is 0. The number of carbonyl (C=O) groups is 1. The minimum atomic E-state index is 0.0352. The predicted molar refractivity (Wildman–Crippen MR) is 51.9 cm³/mol. The molecule has 1 aromatic rings. The van der Waals surface area contributed by atoms with Crippen molar-refractivity contribution in [3.63, 3.8) is 0 Å². The fourth-order valence-corrected chi connectivity index (χ4v) is 1.66. The molecule has 2 rings (SSSR count). The molecule has 4 heteroatoms. The van der Waals surface area contributed by atoms with E-state index >= 15 is 0 Å². The van der Waals surface area contributed by atoms with Crippen LogP contribution in [0.1, 0.15) is 29.2 Å². The second-order valence-electron chi connectivity index (χ2n) is 3.49. The van der Waals surface area contributed by atoms with Gasteiger partial charge in [-0.25, -0.2) is 9.97 Å². The molecule has 0 aromatic carbocycles. The number of rotatable bonds is 1. The van der Waals surface area contributed by atoms with E-state index in [0.29, 0.717) is 11.5 Å². The molecule has 0 saturated carbocycles. The lowest BCUT2D eigenvalue weighted by Gasteiger charge is -2.14. The van der Waals surface area contributed by atoms with E-state index in [1.807, 2.05) is 4.90 Å². The van der Waals surface area contributed by atoms with Gasteiger partial charge in [-0.15, -0.1) is 0 Å². The molecule has 0 unspecified atom stereocenters. The number of aromatic nitrogens is 2. The van der Waals surface area contributed by atoms with E-state index in [-0.39, 0.29) is 5.91 Å². The van der Waals surface area contributed by atoms with Gasteiger partial charge in [0.2, 0.25) is 0 Å². The van der Waals surface area contributed by atoms with Crippen molar-refractivity contribution in [2.45, 2.75) is 19.8 Å². The summed E-state index contributed by atoms with van der Waals surface area (Å²) in [5.74, 6) is 0.683. The molecule has 14 heavy (non-hydrogen) atoms. The lowest BCUT2D eigenvalue weighted by molar-refractivity contribution is 0.0786. The molecule has 1 aromatic heterocycles. The molecule has 0 radical (unpaired) electrons. The number of nitrogens with zero attached hydrogens (tertiary/aromatic N) is 3. The minimum absolute atomic E-state index is 0.0352. The summed E-state index contributed by atoms with van der Waals surface area (Å²) in [4.78, 5) is 21.8. The highest BCUT2D eigenvalue weighted by Crippen LogP contribution is 2.10. The molecule has 1 saturated heterocycles. The molecule has 0 bridgehead atoms. The van der Waals surface area contributed by atoms with Gasteiger partial charge >= 0.3 is 0 Å². The van der Waals surface area contributed by atoms with Gasteiger partial charge in [-0.1, -0.05) is 0 Å². The second-order valence-corrected chi connectivity index (χ2v) is 3.49. The maximum Gasteiger partial charge on any atom is 0.272 e. The summed E-state index contributed by atoms with van der Waals surface area (Å²) in [5.41, 5.74) is 0.513. The van der Waals surface area contributed by atoms with Crippen molar-refractivity contribution < 1.29 is 4.79 Å². The summed E-state index contributed by atoms with van der Waals surface area (Å²) >= 11 is 0.